The summed E-state index contributed by atoms with van der Waals surface area (Å²) in [4.78, 5) is 3.73. The van der Waals surface area contributed by atoms with Crippen LogP contribution in [0, 0.1) is 0 Å². The summed E-state index contributed by atoms with van der Waals surface area (Å²) in [6, 6.07) is 2.54. The number of alkyl halides is 3. The lowest BCUT2D eigenvalue weighted by Gasteiger charge is -2.11. The summed E-state index contributed by atoms with van der Waals surface area (Å²) in [6.07, 6.45) is -3.00. The monoisotopic (exact) mass is 250 g/mol. The summed E-state index contributed by atoms with van der Waals surface area (Å²) in [7, 11) is 1.51. The van der Waals surface area contributed by atoms with E-state index in [1.54, 1.807) is 6.07 Å². The molecule has 0 fully saturated rings. The molecule has 2 N–H and O–H groups in total. The third-order valence-corrected chi connectivity index (χ3v) is 1.92. The van der Waals surface area contributed by atoms with Gasteiger partial charge in [0.2, 0.25) is 5.88 Å². The normalized spacial score (nSPS) is 13.5. The zero-order valence-electron chi connectivity index (χ0n) is 9.20. The van der Waals surface area contributed by atoms with Crippen molar-refractivity contribution < 1.29 is 22.6 Å². The maximum Gasteiger partial charge on any atom is 0.422 e. The Morgan fingerprint density at radius 3 is 2.59 bits per heavy atom. The van der Waals surface area contributed by atoms with E-state index in [9.17, 15) is 13.2 Å². The van der Waals surface area contributed by atoms with Crippen molar-refractivity contribution in [2.24, 2.45) is 5.73 Å². The Bertz CT molecular complexity index is 340. The number of nitrogens with zero attached hydrogens (tertiary/aromatic N) is 1. The molecule has 1 atom stereocenters. The average Bonchev–Trinajstić information content (AvgIpc) is 2.26. The molecule has 1 rings (SSSR count). The van der Waals surface area contributed by atoms with Crippen LogP contribution < -0.4 is 10.5 Å². The fraction of sp³-hybridized carbons (Fsp3) is 0.500. The minimum Gasteiger partial charge on any atom is -0.468 e. The number of halogens is 3. The molecule has 0 aliphatic rings. The minimum atomic E-state index is -4.37. The Labute approximate surface area is 96.5 Å². The molecule has 96 valence electrons. The van der Waals surface area contributed by atoms with Gasteiger partial charge in [0.1, 0.15) is 0 Å². The molecule has 0 saturated heterocycles. The Balaban J connectivity index is 2.56. The van der Waals surface area contributed by atoms with Gasteiger partial charge in [0.05, 0.1) is 12.6 Å². The summed E-state index contributed by atoms with van der Waals surface area (Å²) in [6.45, 7) is -1.05. The number of methoxy groups -OCH3 is 1. The van der Waals surface area contributed by atoms with Crippen molar-refractivity contribution in [3.05, 3.63) is 23.9 Å². The van der Waals surface area contributed by atoms with Gasteiger partial charge >= 0.3 is 6.18 Å². The highest BCUT2D eigenvalue weighted by Gasteiger charge is 2.28. The number of hydrogen-bond donors (Lipinski definition) is 1. The van der Waals surface area contributed by atoms with Gasteiger partial charge < -0.3 is 15.2 Å². The number of nitrogens with two attached hydrogens (primary N) is 1. The molecule has 1 aromatic heterocycles. The largest absolute Gasteiger partial charge is 0.468 e. The van der Waals surface area contributed by atoms with E-state index in [1.165, 1.54) is 19.4 Å². The average molecular weight is 250 g/mol. The first-order valence-corrected chi connectivity index (χ1v) is 4.82. The van der Waals surface area contributed by atoms with Crippen LogP contribution in [0.5, 0.6) is 5.88 Å². The number of ether oxygens (including phenoxy) is 2. The molecule has 17 heavy (non-hydrogen) atoms. The number of hydrogen-bond acceptors (Lipinski definition) is 4. The van der Waals surface area contributed by atoms with Crippen molar-refractivity contribution in [1.82, 2.24) is 4.98 Å². The van der Waals surface area contributed by atoms with Gasteiger partial charge in [-0.3, -0.25) is 0 Å². The van der Waals surface area contributed by atoms with Gasteiger partial charge in [-0.05, 0) is 5.56 Å². The van der Waals surface area contributed by atoms with E-state index in [0.29, 0.717) is 12.2 Å². The molecule has 0 spiro atoms. The highest BCUT2D eigenvalue weighted by Crippen LogP contribution is 2.18. The molecule has 1 unspecified atom stereocenters. The topological polar surface area (TPSA) is 57.4 Å². The summed E-state index contributed by atoms with van der Waals surface area (Å²) in [5.74, 6) is -0.0873. The highest BCUT2D eigenvalue weighted by atomic mass is 19.4. The first-order valence-electron chi connectivity index (χ1n) is 4.82. The van der Waals surface area contributed by atoms with Crippen LogP contribution in [0.1, 0.15) is 11.6 Å². The zero-order valence-corrected chi connectivity index (χ0v) is 9.20. The number of rotatable bonds is 5. The predicted octanol–water partition coefficient (Wildman–Crippen LogP) is 1.67. The minimum absolute atomic E-state index is 0.0873. The number of aromatic nitrogens is 1. The van der Waals surface area contributed by atoms with E-state index in [0.717, 1.165) is 0 Å². The van der Waals surface area contributed by atoms with Crippen molar-refractivity contribution in [2.75, 3.05) is 20.3 Å². The Morgan fingerprint density at radius 1 is 1.41 bits per heavy atom. The second-order valence-electron chi connectivity index (χ2n) is 3.40. The summed E-state index contributed by atoms with van der Waals surface area (Å²) < 4.78 is 44.9. The predicted molar refractivity (Wildman–Crippen MR) is 54.6 cm³/mol. The van der Waals surface area contributed by atoms with Gasteiger partial charge in [-0.2, -0.15) is 13.2 Å². The van der Waals surface area contributed by atoms with E-state index in [-0.39, 0.29) is 11.9 Å². The van der Waals surface area contributed by atoms with Crippen molar-refractivity contribution >= 4 is 0 Å². The van der Waals surface area contributed by atoms with E-state index in [4.69, 9.17) is 10.5 Å². The lowest BCUT2D eigenvalue weighted by atomic mass is 10.1. The van der Waals surface area contributed by atoms with E-state index in [1.807, 2.05) is 0 Å². The molecule has 0 amide bonds. The van der Waals surface area contributed by atoms with E-state index < -0.39 is 12.8 Å². The van der Waals surface area contributed by atoms with Crippen LogP contribution in [0.15, 0.2) is 18.3 Å². The standard InChI is InChI=1S/C10H13F3N2O2/c1-16-5-8(14)7-2-3-9(15-4-7)17-6-10(11,12)13/h2-4,8H,5-6,14H2,1H3. The molecule has 0 radical (unpaired) electrons. The molecule has 0 aliphatic heterocycles. The van der Waals surface area contributed by atoms with Crippen LogP contribution in [0.3, 0.4) is 0 Å². The van der Waals surface area contributed by atoms with Gasteiger partial charge in [-0.25, -0.2) is 4.98 Å². The fourth-order valence-electron chi connectivity index (χ4n) is 1.13. The molecule has 7 heteroatoms. The lowest BCUT2D eigenvalue weighted by Crippen LogP contribution is -2.20. The molecule has 0 aliphatic carbocycles. The van der Waals surface area contributed by atoms with E-state index >= 15 is 0 Å². The number of pyridine rings is 1. The molecular weight excluding hydrogens is 237 g/mol. The Hall–Kier alpha value is -1.34. The summed E-state index contributed by atoms with van der Waals surface area (Å²) >= 11 is 0. The van der Waals surface area contributed by atoms with Gasteiger partial charge in [-0.1, -0.05) is 6.07 Å². The third-order valence-electron chi connectivity index (χ3n) is 1.92. The molecule has 1 aromatic rings. The van der Waals surface area contributed by atoms with Crippen molar-refractivity contribution in [1.29, 1.82) is 0 Å². The van der Waals surface area contributed by atoms with Gasteiger partial charge in [0.25, 0.3) is 0 Å². The van der Waals surface area contributed by atoms with Crippen LogP contribution in [-0.2, 0) is 4.74 Å². The third kappa shape index (κ3) is 5.01. The quantitative estimate of drug-likeness (QED) is 0.863. The van der Waals surface area contributed by atoms with Crippen LogP contribution in [0.2, 0.25) is 0 Å². The maximum absolute atomic E-state index is 11.9. The van der Waals surface area contributed by atoms with Gasteiger partial charge in [0, 0.05) is 19.4 Å². The zero-order chi connectivity index (χ0) is 12.9. The lowest BCUT2D eigenvalue weighted by molar-refractivity contribution is -0.154. The highest BCUT2D eigenvalue weighted by molar-refractivity contribution is 5.20. The second-order valence-corrected chi connectivity index (χ2v) is 3.40. The van der Waals surface area contributed by atoms with Gasteiger partial charge in [0.15, 0.2) is 6.61 Å². The Kier molecular flexibility index (Phi) is 4.71. The van der Waals surface area contributed by atoms with Crippen molar-refractivity contribution in [2.45, 2.75) is 12.2 Å². The smallest absolute Gasteiger partial charge is 0.422 e. The molecule has 0 bridgehead atoms. The van der Waals surface area contributed by atoms with Crippen LogP contribution >= 0.6 is 0 Å². The van der Waals surface area contributed by atoms with Crippen LogP contribution in [-0.4, -0.2) is 31.5 Å². The van der Waals surface area contributed by atoms with Crippen molar-refractivity contribution in [3.63, 3.8) is 0 Å². The summed E-state index contributed by atoms with van der Waals surface area (Å²) in [5, 5.41) is 0. The molecule has 4 nitrogen and oxygen atoms in total. The molecule has 1 heterocycles. The van der Waals surface area contributed by atoms with Gasteiger partial charge in [-0.15, -0.1) is 0 Å². The second kappa shape index (κ2) is 5.83. The maximum atomic E-state index is 11.9. The van der Waals surface area contributed by atoms with Crippen LogP contribution in [0.4, 0.5) is 13.2 Å². The molecule has 0 aromatic carbocycles. The molecular formula is C10H13F3N2O2. The first-order chi connectivity index (χ1) is 7.92. The SMILES string of the molecule is COCC(N)c1ccc(OCC(F)(F)F)nc1. The van der Waals surface area contributed by atoms with E-state index in [2.05, 4.69) is 9.72 Å². The fourth-order valence-corrected chi connectivity index (χ4v) is 1.13. The van der Waals surface area contributed by atoms with Crippen LogP contribution in [0.25, 0.3) is 0 Å². The molecule has 0 saturated carbocycles. The summed E-state index contributed by atoms with van der Waals surface area (Å²) in [5.41, 5.74) is 6.39. The Morgan fingerprint density at radius 2 is 2.12 bits per heavy atom. The van der Waals surface area contributed by atoms with Crippen molar-refractivity contribution in [3.8, 4) is 5.88 Å². The first kappa shape index (κ1) is 13.7.